The minimum absolute atomic E-state index is 0.00521. The molecule has 0 aliphatic heterocycles. The second-order valence-electron chi connectivity index (χ2n) is 8.14. The first kappa shape index (κ1) is 18.9. The first-order chi connectivity index (χ1) is 13.6. The van der Waals surface area contributed by atoms with E-state index in [0.29, 0.717) is 0 Å². The van der Waals surface area contributed by atoms with Gasteiger partial charge < -0.3 is 5.73 Å². The van der Waals surface area contributed by atoms with E-state index in [2.05, 4.69) is 83.7 Å². The molecule has 0 radical (unpaired) electrons. The maximum atomic E-state index is 6.90. The van der Waals surface area contributed by atoms with Gasteiger partial charge in [0.15, 0.2) is 0 Å². The summed E-state index contributed by atoms with van der Waals surface area (Å²) in [5.41, 5.74) is 10.5. The topological polar surface area (TPSA) is 42.2 Å². The number of rotatable bonds is 5. The van der Waals surface area contributed by atoms with Gasteiger partial charge in [-0.3, -0.25) is 9.88 Å². The van der Waals surface area contributed by atoms with Gasteiger partial charge in [0.1, 0.15) is 0 Å². The molecule has 2 aromatic carbocycles. The maximum Gasteiger partial charge on any atom is 0.0462 e. The highest BCUT2D eigenvalue weighted by Crippen LogP contribution is 2.47. The SMILES string of the molecule is CN(Cc1cccnc1)C1(c2ccccc2)CCC(N)(c2ccccc2)CC1. The molecule has 1 fully saturated rings. The first-order valence-corrected chi connectivity index (χ1v) is 10.1. The molecule has 1 saturated carbocycles. The minimum atomic E-state index is -0.241. The molecule has 1 heterocycles. The highest BCUT2D eigenvalue weighted by molar-refractivity contribution is 5.30. The van der Waals surface area contributed by atoms with Crippen molar-refractivity contribution >= 4 is 0 Å². The summed E-state index contributed by atoms with van der Waals surface area (Å²) in [4.78, 5) is 6.80. The fourth-order valence-electron chi connectivity index (χ4n) is 4.72. The van der Waals surface area contributed by atoms with Crippen LogP contribution in [0, 0.1) is 0 Å². The van der Waals surface area contributed by atoms with Crippen molar-refractivity contribution in [2.45, 2.75) is 43.3 Å². The molecule has 0 unspecified atom stereocenters. The molecule has 1 aliphatic carbocycles. The highest BCUT2D eigenvalue weighted by atomic mass is 15.2. The van der Waals surface area contributed by atoms with Crippen molar-refractivity contribution in [2.24, 2.45) is 5.73 Å². The zero-order chi connectivity index (χ0) is 19.5. The zero-order valence-electron chi connectivity index (χ0n) is 16.6. The van der Waals surface area contributed by atoms with Crippen molar-refractivity contribution in [2.75, 3.05) is 7.05 Å². The number of benzene rings is 2. The number of pyridine rings is 1. The Morgan fingerprint density at radius 1 is 0.821 bits per heavy atom. The number of aromatic nitrogens is 1. The van der Waals surface area contributed by atoms with E-state index in [0.717, 1.165) is 32.2 Å². The van der Waals surface area contributed by atoms with Crippen LogP contribution in [0.4, 0.5) is 0 Å². The lowest BCUT2D eigenvalue weighted by Gasteiger charge is -2.50. The molecule has 0 amide bonds. The van der Waals surface area contributed by atoms with E-state index >= 15 is 0 Å². The van der Waals surface area contributed by atoms with Crippen molar-refractivity contribution in [3.05, 3.63) is 102 Å². The molecule has 0 saturated heterocycles. The Balaban J connectivity index is 1.63. The Kier molecular flexibility index (Phi) is 5.29. The summed E-state index contributed by atoms with van der Waals surface area (Å²) in [6.45, 7) is 0.881. The predicted molar refractivity (Wildman–Crippen MR) is 115 cm³/mol. The van der Waals surface area contributed by atoms with Crippen molar-refractivity contribution in [1.29, 1.82) is 0 Å². The summed E-state index contributed by atoms with van der Waals surface area (Å²) >= 11 is 0. The molecule has 3 nitrogen and oxygen atoms in total. The minimum Gasteiger partial charge on any atom is -0.321 e. The second-order valence-corrected chi connectivity index (χ2v) is 8.14. The summed E-state index contributed by atoms with van der Waals surface area (Å²) in [7, 11) is 2.24. The molecule has 3 heteroatoms. The number of hydrogen-bond donors (Lipinski definition) is 1. The van der Waals surface area contributed by atoms with Crippen LogP contribution in [-0.2, 0) is 17.6 Å². The molecule has 144 valence electrons. The van der Waals surface area contributed by atoms with Crippen LogP contribution in [0.2, 0.25) is 0 Å². The average Bonchev–Trinajstić information content (AvgIpc) is 2.76. The molecular weight excluding hydrogens is 342 g/mol. The van der Waals surface area contributed by atoms with Gasteiger partial charge in [0.05, 0.1) is 0 Å². The van der Waals surface area contributed by atoms with E-state index < -0.39 is 0 Å². The average molecular weight is 372 g/mol. The molecule has 3 aromatic rings. The van der Waals surface area contributed by atoms with Gasteiger partial charge in [0.2, 0.25) is 0 Å². The molecule has 1 aromatic heterocycles. The Labute approximate surface area is 168 Å². The quantitative estimate of drug-likeness (QED) is 0.698. The maximum absolute atomic E-state index is 6.90. The molecule has 0 atom stereocenters. The Bertz CT molecular complexity index is 869. The summed E-state index contributed by atoms with van der Waals surface area (Å²) in [6, 6.07) is 25.7. The Morgan fingerprint density at radius 3 is 2.00 bits per heavy atom. The second kappa shape index (κ2) is 7.86. The van der Waals surface area contributed by atoms with E-state index in [1.807, 2.05) is 18.5 Å². The van der Waals surface area contributed by atoms with Gasteiger partial charge >= 0.3 is 0 Å². The number of hydrogen-bond acceptors (Lipinski definition) is 3. The third-order valence-electron chi connectivity index (χ3n) is 6.50. The van der Waals surface area contributed by atoms with Crippen LogP contribution in [0.25, 0.3) is 0 Å². The van der Waals surface area contributed by atoms with E-state index in [1.165, 1.54) is 16.7 Å². The molecule has 0 bridgehead atoms. The summed E-state index contributed by atoms with van der Waals surface area (Å²) in [5.74, 6) is 0. The fourth-order valence-corrected chi connectivity index (χ4v) is 4.72. The largest absolute Gasteiger partial charge is 0.321 e. The van der Waals surface area contributed by atoms with E-state index in [1.54, 1.807) is 0 Å². The van der Waals surface area contributed by atoms with Gasteiger partial charge in [0.25, 0.3) is 0 Å². The van der Waals surface area contributed by atoms with E-state index in [4.69, 9.17) is 5.73 Å². The Hall–Kier alpha value is -2.49. The summed E-state index contributed by atoms with van der Waals surface area (Å²) in [5, 5.41) is 0. The van der Waals surface area contributed by atoms with Gasteiger partial charge in [-0.1, -0.05) is 66.7 Å². The lowest BCUT2D eigenvalue weighted by Crippen LogP contribution is -2.51. The molecule has 1 aliphatic rings. The monoisotopic (exact) mass is 371 g/mol. The molecular formula is C25H29N3. The van der Waals surface area contributed by atoms with Crippen LogP contribution in [0.1, 0.15) is 42.4 Å². The van der Waals surface area contributed by atoms with Crippen LogP contribution in [0.15, 0.2) is 85.2 Å². The number of nitrogens with zero attached hydrogens (tertiary/aromatic N) is 2. The van der Waals surface area contributed by atoms with Gasteiger partial charge in [-0.05, 0) is 55.5 Å². The summed E-state index contributed by atoms with van der Waals surface area (Å²) in [6.07, 6.45) is 7.83. The van der Waals surface area contributed by atoms with Gasteiger partial charge in [0, 0.05) is 30.0 Å². The molecule has 2 N–H and O–H groups in total. The third kappa shape index (κ3) is 3.60. The number of nitrogens with two attached hydrogens (primary N) is 1. The van der Waals surface area contributed by atoms with Crippen LogP contribution in [0.5, 0.6) is 0 Å². The van der Waals surface area contributed by atoms with Crippen LogP contribution in [-0.4, -0.2) is 16.9 Å². The van der Waals surface area contributed by atoms with Crippen molar-refractivity contribution < 1.29 is 0 Å². The smallest absolute Gasteiger partial charge is 0.0462 e. The van der Waals surface area contributed by atoms with Crippen molar-refractivity contribution in [1.82, 2.24) is 9.88 Å². The van der Waals surface area contributed by atoms with Crippen LogP contribution < -0.4 is 5.73 Å². The Morgan fingerprint density at radius 2 is 1.43 bits per heavy atom. The zero-order valence-corrected chi connectivity index (χ0v) is 16.6. The van der Waals surface area contributed by atoms with Gasteiger partial charge in [-0.2, -0.15) is 0 Å². The van der Waals surface area contributed by atoms with E-state index in [-0.39, 0.29) is 11.1 Å². The van der Waals surface area contributed by atoms with Crippen LogP contribution >= 0.6 is 0 Å². The fraction of sp³-hybridized carbons (Fsp3) is 0.320. The highest BCUT2D eigenvalue weighted by Gasteiger charge is 2.44. The van der Waals surface area contributed by atoms with Crippen molar-refractivity contribution in [3.8, 4) is 0 Å². The van der Waals surface area contributed by atoms with Crippen LogP contribution in [0.3, 0.4) is 0 Å². The van der Waals surface area contributed by atoms with Gasteiger partial charge in [-0.15, -0.1) is 0 Å². The molecule has 0 spiro atoms. The normalized spacial score (nSPS) is 25.0. The molecule has 28 heavy (non-hydrogen) atoms. The van der Waals surface area contributed by atoms with Gasteiger partial charge in [-0.25, -0.2) is 0 Å². The van der Waals surface area contributed by atoms with Crippen molar-refractivity contribution in [3.63, 3.8) is 0 Å². The first-order valence-electron chi connectivity index (χ1n) is 10.1. The molecule has 4 rings (SSSR count). The predicted octanol–water partition coefficient (Wildman–Crippen LogP) is 4.84. The van der Waals surface area contributed by atoms with E-state index in [9.17, 15) is 0 Å². The standard InChI is InChI=1S/C25H29N3/c1-28(20-21-9-8-18-27-19-21)25(23-12-6-3-7-13-23)16-14-24(26,15-17-25)22-10-4-2-5-11-22/h2-13,18-19H,14-17,20,26H2,1H3. The third-order valence-corrected chi connectivity index (χ3v) is 6.50. The lowest BCUT2D eigenvalue weighted by molar-refractivity contribution is 0.0394. The lowest BCUT2D eigenvalue weighted by atomic mass is 9.66. The summed E-state index contributed by atoms with van der Waals surface area (Å²) < 4.78 is 0.